The van der Waals surface area contributed by atoms with Crippen molar-refractivity contribution in [2.24, 2.45) is 5.92 Å². The average molecular weight is 382 g/mol. The van der Waals surface area contributed by atoms with Crippen LogP contribution in [0.3, 0.4) is 0 Å². The Bertz CT molecular complexity index is 967. The summed E-state index contributed by atoms with van der Waals surface area (Å²) in [4.78, 5) is 27.3. The highest BCUT2D eigenvalue weighted by molar-refractivity contribution is 6.33. The minimum Gasteiger partial charge on any atom is -0.370 e. The third kappa shape index (κ3) is 4.01. The number of piperidine rings is 1. The number of pyridine rings is 2. The molecular weight excluding hydrogens is 362 g/mol. The van der Waals surface area contributed by atoms with Gasteiger partial charge in [-0.05, 0) is 37.0 Å². The van der Waals surface area contributed by atoms with Gasteiger partial charge in [0.15, 0.2) is 0 Å². The number of hydrogen-bond donors (Lipinski definition) is 0. The third-order valence-electron chi connectivity index (χ3n) is 5.00. The zero-order valence-electron chi connectivity index (χ0n) is 14.8. The molecule has 3 aromatic rings. The van der Waals surface area contributed by atoms with Crippen LogP contribution in [0.4, 0.5) is 5.69 Å². The Morgan fingerprint density at radius 2 is 1.93 bits per heavy atom. The van der Waals surface area contributed by atoms with E-state index in [0.717, 1.165) is 37.2 Å². The van der Waals surface area contributed by atoms with E-state index >= 15 is 0 Å². The van der Waals surface area contributed by atoms with E-state index in [0.29, 0.717) is 23.2 Å². The summed E-state index contributed by atoms with van der Waals surface area (Å²) in [6.07, 6.45) is 10.5. The van der Waals surface area contributed by atoms with Gasteiger partial charge in [-0.3, -0.25) is 19.3 Å². The summed E-state index contributed by atoms with van der Waals surface area (Å²) in [5.41, 5.74) is 2.52. The molecule has 1 aliphatic heterocycles. The summed E-state index contributed by atoms with van der Waals surface area (Å²) < 4.78 is 1.71. The van der Waals surface area contributed by atoms with Crippen molar-refractivity contribution < 1.29 is 0 Å². The summed E-state index contributed by atoms with van der Waals surface area (Å²) >= 11 is 6.25. The Balaban J connectivity index is 1.41. The normalized spacial score (nSPS) is 15.1. The number of nitrogens with zero attached hydrogens (tertiary/aromatic N) is 5. The molecule has 0 amide bonds. The molecule has 4 rings (SSSR count). The maximum Gasteiger partial charge on any atom is 0.253 e. The molecule has 27 heavy (non-hydrogen) atoms. The summed E-state index contributed by atoms with van der Waals surface area (Å²) in [6, 6.07) is 7.28. The average Bonchev–Trinajstić information content (AvgIpc) is 2.71. The first-order valence-corrected chi connectivity index (χ1v) is 9.40. The Kier molecular flexibility index (Phi) is 5.16. The van der Waals surface area contributed by atoms with E-state index in [1.54, 1.807) is 41.7 Å². The van der Waals surface area contributed by atoms with Crippen molar-refractivity contribution in [3.8, 4) is 11.3 Å². The van der Waals surface area contributed by atoms with E-state index in [2.05, 4.69) is 19.9 Å². The van der Waals surface area contributed by atoms with Crippen molar-refractivity contribution in [2.75, 3.05) is 18.0 Å². The molecule has 4 heterocycles. The number of rotatable bonds is 4. The summed E-state index contributed by atoms with van der Waals surface area (Å²) in [5.74, 6) is 0.450. The second-order valence-corrected chi connectivity index (χ2v) is 7.17. The smallest absolute Gasteiger partial charge is 0.253 e. The van der Waals surface area contributed by atoms with Gasteiger partial charge in [-0.1, -0.05) is 11.6 Å². The second kappa shape index (κ2) is 7.88. The van der Waals surface area contributed by atoms with Crippen LogP contribution >= 0.6 is 11.6 Å². The molecule has 1 aliphatic rings. The predicted octanol–water partition coefficient (Wildman–Crippen LogP) is 3.27. The summed E-state index contributed by atoms with van der Waals surface area (Å²) in [5, 5.41) is 0.683. The molecule has 7 heteroatoms. The lowest BCUT2D eigenvalue weighted by molar-refractivity contribution is 0.351. The van der Waals surface area contributed by atoms with Crippen LogP contribution in [0.1, 0.15) is 12.8 Å². The van der Waals surface area contributed by atoms with Crippen molar-refractivity contribution in [2.45, 2.75) is 19.4 Å². The highest BCUT2D eigenvalue weighted by Crippen LogP contribution is 2.29. The molecule has 0 N–H and O–H groups in total. The summed E-state index contributed by atoms with van der Waals surface area (Å²) in [7, 11) is 0. The molecule has 0 radical (unpaired) electrons. The van der Waals surface area contributed by atoms with E-state index in [1.165, 1.54) is 0 Å². The number of hydrogen-bond acceptors (Lipinski definition) is 5. The van der Waals surface area contributed by atoms with Gasteiger partial charge in [0, 0.05) is 56.1 Å². The largest absolute Gasteiger partial charge is 0.370 e. The standard InChI is InChI=1S/C20H20ClN5O/c21-17-12-23-7-3-19(17)25-8-4-15(5-9-25)13-26-14-24-18(10-20(26)27)16-2-1-6-22-11-16/h1-3,6-7,10-12,14-15H,4-5,8-9,13H2. The topological polar surface area (TPSA) is 63.9 Å². The van der Waals surface area contributed by atoms with Crippen molar-refractivity contribution in [3.05, 3.63) is 70.8 Å². The van der Waals surface area contributed by atoms with E-state index in [9.17, 15) is 4.79 Å². The summed E-state index contributed by atoms with van der Waals surface area (Å²) in [6.45, 7) is 2.53. The first-order chi connectivity index (χ1) is 13.2. The number of halogens is 1. The van der Waals surface area contributed by atoms with Gasteiger partial charge in [0.2, 0.25) is 0 Å². The molecule has 0 aromatic carbocycles. The number of aromatic nitrogens is 4. The lowest BCUT2D eigenvalue weighted by Gasteiger charge is -2.34. The Hall–Kier alpha value is -2.73. The zero-order chi connectivity index (χ0) is 18.6. The van der Waals surface area contributed by atoms with Crippen LogP contribution in [0.2, 0.25) is 5.02 Å². The Morgan fingerprint density at radius 3 is 2.63 bits per heavy atom. The van der Waals surface area contributed by atoms with Gasteiger partial charge in [-0.25, -0.2) is 4.98 Å². The SMILES string of the molecule is O=c1cc(-c2cccnc2)ncn1CC1CCN(c2ccncc2Cl)CC1. The van der Waals surface area contributed by atoms with Gasteiger partial charge >= 0.3 is 0 Å². The predicted molar refractivity (Wildman–Crippen MR) is 106 cm³/mol. The fraction of sp³-hybridized carbons (Fsp3) is 0.300. The minimum atomic E-state index is -0.0246. The zero-order valence-corrected chi connectivity index (χ0v) is 15.6. The van der Waals surface area contributed by atoms with Crippen LogP contribution in [0, 0.1) is 5.92 Å². The second-order valence-electron chi connectivity index (χ2n) is 6.76. The molecule has 0 saturated carbocycles. The molecule has 0 atom stereocenters. The van der Waals surface area contributed by atoms with E-state index in [4.69, 9.17) is 11.6 Å². The molecule has 3 aromatic heterocycles. The molecule has 0 aliphatic carbocycles. The van der Waals surface area contributed by atoms with Crippen molar-refractivity contribution in [3.63, 3.8) is 0 Å². The van der Waals surface area contributed by atoms with Crippen LogP contribution in [-0.2, 0) is 6.54 Å². The number of anilines is 1. The monoisotopic (exact) mass is 381 g/mol. The van der Waals surface area contributed by atoms with Gasteiger partial charge in [0.05, 0.1) is 22.7 Å². The molecular formula is C20H20ClN5O. The molecule has 6 nitrogen and oxygen atoms in total. The molecule has 138 valence electrons. The minimum absolute atomic E-state index is 0.0246. The van der Waals surface area contributed by atoms with Crippen molar-refractivity contribution in [1.29, 1.82) is 0 Å². The van der Waals surface area contributed by atoms with Crippen molar-refractivity contribution >= 4 is 17.3 Å². The maximum absolute atomic E-state index is 12.5. The van der Waals surface area contributed by atoms with Crippen LogP contribution in [0.25, 0.3) is 11.3 Å². The fourth-order valence-corrected chi connectivity index (χ4v) is 3.73. The van der Waals surface area contributed by atoms with Crippen LogP contribution in [-0.4, -0.2) is 32.6 Å². The molecule has 0 unspecified atom stereocenters. The van der Waals surface area contributed by atoms with Gasteiger partial charge in [-0.15, -0.1) is 0 Å². The van der Waals surface area contributed by atoms with Crippen molar-refractivity contribution in [1.82, 2.24) is 19.5 Å². The van der Waals surface area contributed by atoms with Crippen LogP contribution < -0.4 is 10.5 Å². The fourth-order valence-electron chi connectivity index (χ4n) is 3.49. The first-order valence-electron chi connectivity index (χ1n) is 9.02. The van der Waals surface area contributed by atoms with E-state index in [-0.39, 0.29) is 5.56 Å². The van der Waals surface area contributed by atoms with Gasteiger partial charge in [0.1, 0.15) is 0 Å². The molecule has 1 saturated heterocycles. The quantitative estimate of drug-likeness (QED) is 0.694. The van der Waals surface area contributed by atoms with E-state index < -0.39 is 0 Å². The van der Waals surface area contributed by atoms with E-state index in [1.807, 2.05) is 18.2 Å². The first kappa shape index (κ1) is 17.7. The lowest BCUT2D eigenvalue weighted by atomic mass is 9.96. The Labute approximate surface area is 162 Å². The highest BCUT2D eigenvalue weighted by Gasteiger charge is 2.21. The molecule has 0 spiro atoms. The molecule has 0 bridgehead atoms. The van der Waals surface area contributed by atoms with Crippen LogP contribution in [0.5, 0.6) is 0 Å². The molecule has 1 fully saturated rings. The maximum atomic E-state index is 12.5. The van der Waals surface area contributed by atoms with Gasteiger partial charge < -0.3 is 4.90 Å². The Morgan fingerprint density at radius 1 is 1.11 bits per heavy atom. The lowest BCUT2D eigenvalue weighted by Crippen LogP contribution is -2.36. The van der Waals surface area contributed by atoms with Gasteiger partial charge in [-0.2, -0.15) is 0 Å². The third-order valence-corrected chi connectivity index (χ3v) is 5.29. The highest BCUT2D eigenvalue weighted by atomic mass is 35.5. The van der Waals surface area contributed by atoms with Gasteiger partial charge in [0.25, 0.3) is 5.56 Å². The van der Waals surface area contributed by atoms with Crippen LogP contribution in [0.15, 0.2) is 60.2 Å².